The fourth-order valence-electron chi connectivity index (χ4n) is 2.37. The zero-order valence-corrected chi connectivity index (χ0v) is 9.96. The van der Waals surface area contributed by atoms with Crippen LogP contribution in [0, 0.1) is 5.41 Å². The molecule has 1 aromatic rings. The van der Waals surface area contributed by atoms with Gasteiger partial charge >= 0.3 is 5.97 Å². The van der Waals surface area contributed by atoms with Crippen molar-refractivity contribution in [1.29, 1.82) is 0 Å². The van der Waals surface area contributed by atoms with Gasteiger partial charge in [-0.15, -0.1) is 0 Å². The van der Waals surface area contributed by atoms with E-state index in [-0.39, 0.29) is 0 Å². The van der Waals surface area contributed by atoms with Crippen LogP contribution in [0.5, 0.6) is 0 Å². The van der Waals surface area contributed by atoms with E-state index < -0.39 is 11.4 Å². The Labute approximate surface area is 100 Å². The molecular formula is C12H17N3O2. The van der Waals surface area contributed by atoms with Crippen molar-refractivity contribution in [2.24, 2.45) is 5.41 Å². The van der Waals surface area contributed by atoms with E-state index in [1.165, 1.54) is 0 Å². The van der Waals surface area contributed by atoms with E-state index in [0.29, 0.717) is 18.9 Å². The van der Waals surface area contributed by atoms with Crippen molar-refractivity contribution in [1.82, 2.24) is 9.97 Å². The highest BCUT2D eigenvalue weighted by Crippen LogP contribution is 2.34. The molecule has 1 aromatic heterocycles. The molecule has 2 heterocycles. The lowest BCUT2D eigenvalue weighted by Gasteiger charge is -2.39. The summed E-state index contributed by atoms with van der Waals surface area (Å²) in [6.07, 6.45) is 5.63. The van der Waals surface area contributed by atoms with Crippen molar-refractivity contribution < 1.29 is 9.90 Å². The molecule has 0 amide bonds. The van der Waals surface area contributed by atoms with Gasteiger partial charge in [0, 0.05) is 25.5 Å². The smallest absolute Gasteiger partial charge is 0.311 e. The summed E-state index contributed by atoms with van der Waals surface area (Å²) in [5.41, 5.74) is -0.641. The van der Waals surface area contributed by atoms with Gasteiger partial charge in [0.15, 0.2) is 0 Å². The lowest BCUT2D eigenvalue weighted by molar-refractivity contribution is -0.149. The average Bonchev–Trinajstić information content (AvgIpc) is 2.39. The Bertz CT molecular complexity index is 396. The molecule has 1 atom stereocenters. The lowest BCUT2D eigenvalue weighted by atomic mass is 9.78. The van der Waals surface area contributed by atoms with E-state index in [0.717, 1.165) is 19.4 Å². The Morgan fingerprint density at radius 3 is 2.82 bits per heavy atom. The molecule has 1 unspecified atom stereocenters. The van der Waals surface area contributed by atoms with E-state index in [1.54, 1.807) is 18.5 Å². The van der Waals surface area contributed by atoms with Crippen LogP contribution in [0.4, 0.5) is 5.95 Å². The summed E-state index contributed by atoms with van der Waals surface area (Å²) < 4.78 is 0. The van der Waals surface area contributed by atoms with Crippen molar-refractivity contribution in [2.75, 3.05) is 18.0 Å². The number of hydrogen-bond donors (Lipinski definition) is 1. The van der Waals surface area contributed by atoms with Gasteiger partial charge in [0.1, 0.15) is 0 Å². The molecule has 0 spiro atoms. The van der Waals surface area contributed by atoms with Crippen LogP contribution in [-0.4, -0.2) is 34.1 Å². The Morgan fingerprint density at radius 1 is 1.53 bits per heavy atom. The van der Waals surface area contributed by atoms with Crippen LogP contribution in [0.25, 0.3) is 0 Å². The Morgan fingerprint density at radius 2 is 2.24 bits per heavy atom. The summed E-state index contributed by atoms with van der Waals surface area (Å²) in [5, 5.41) is 9.39. The van der Waals surface area contributed by atoms with Crippen molar-refractivity contribution in [2.45, 2.75) is 26.2 Å². The molecule has 1 saturated heterocycles. The van der Waals surface area contributed by atoms with E-state index >= 15 is 0 Å². The van der Waals surface area contributed by atoms with Crippen LogP contribution in [0.15, 0.2) is 18.5 Å². The second-order valence-corrected chi connectivity index (χ2v) is 4.51. The number of hydrogen-bond acceptors (Lipinski definition) is 4. The molecule has 1 N–H and O–H groups in total. The van der Waals surface area contributed by atoms with E-state index in [4.69, 9.17) is 0 Å². The Hall–Kier alpha value is -1.65. The van der Waals surface area contributed by atoms with Gasteiger partial charge in [-0.25, -0.2) is 9.97 Å². The third-order valence-corrected chi connectivity index (χ3v) is 3.54. The zero-order chi connectivity index (χ0) is 12.3. The predicted octanol–water partition coefficient (Wildman–Crippen LogP) is 1.56. The number of carboxylic acid groups (broad SMARTS) is 1. The highest BCUT2D eigenvalue weighted by molar-refractivity contribution is 5.75. The van der Waals surface area contributed by atoms with Crippen LogP contribution < -0.4 is 4.90 Å². The first-order chi connectivity index (χ1) is 8.18. The summed E-state index contributed by atoms with van der Waals surface area (Å²) in [5.74, 6) is -0.0769. The largest absolute Gasteiger partial charge is 0.481 e. The molecule has 5 heteroatoms. The summed E-state index contributed by atoms with van der Waals surface area (Å²) in [6, 6.07) is 1.76. The summed E-state index contributed by atoms with van der Waals surface area (Å²) >= 11 is 0. The lowest BCUT2D eigenvalue weighted by Crippen LogP contribution is -2.48. The highest BCUT2D eigenvalue weighted by atomic mass is 16.4. The van der Waals surface area contributed by atoms with Gasteiger partial charge in [-0.1, -0.05) is 6.92 Å². The second-order valence-electron chi connectivity index (χ2n) is 4.51. The van der Waals surface area contributed by atoms with E-state index in [1.807, 2.05) is 11.8 Å². The number of carbonyl (C=O) groups is 1. The van der Waals surface area contributed by atoms with Crippen molar-refractivity contribution >= 4 is 11.9 Å². The minimum Gasteiger partial charge on any atom is -0.481 e. The summed E-state index contributed by atoms with van der Waals surface area (Å²) in [6.45, 7) is 3.27. The average molecular weight is 235 g/mol. The fraction of sp³-hybridized carbons (Fsp3) is 0.583. The molecule has 2 rings (SSSR count). The maximum absolute atomic E-state index is 11.4. The number of aliphatic carboxylic acids is 1. The normalized spacial score (nSPS) is 24.6. The molecule has 0 aromatic carbocycles. The first kappa shape index (κ1) is 11.8. The van der Waals surface area contributed by atoms with Crippen molar-refractivity contribution in [3.8, 4) is 0 Å². The van der Waals surface area contributed by atoms with E-state index in [2.05, 4.69) is 9.97 Å². The van der Waals surface area contributed by atoms with Crippen molar-refractivity contribution in [3.63, 3.8) is 0 Å². The van der Waals surface area contributed by atoms with Gasteiger partial charge in [0.05, 0.1) is 5.41 Å². The van der Waals surface area contributed by atoms with Crippen LogP contribution >= 0.6 is 0 Å². The number of rotatable bonds is 3. The molecule has 5 nitrogen and oxygen atoms in total. The van der Waals surface area contributed by atoms with E-state index in [9.17, 15) is 9.90 Å². The van der Waals surface area contributed by atoms with Gasteiger partial charge in [-0.3, -0.25) is 4.79 Å². The summed E-state index contributed by atoms with van der Waals surface area (Å²) in [7, 11) is 0. The fourth-order valence-corrected chi connectivity index (χ4v) is 2.37. The third kappa shape index (κ3) is 2.23. The molecule has 1 fully saturated rings. The molecule has 1 aliphatic heterocycles. The van der Waals surface area contributed by atoms with Gasteiger partial charge in [0.2, 0.25) is 5.95 Å². The number of nitrogens with zero attached hydrogens (tertiary/aromatic N) is 3. The first-order valence-corrected chi connectivity index (χ1v) is 5.93. The number of piperidine rings is 1. The minimum absolute atomic E-state index is 0.503. The second kappa shape index (κ2) is 4.69. The van der Waals surface area contributed by atoms with Gasteiger partial charge < -0.3 is 10.0 Å². The molecule has 1 aliphatic rings. The third-order valence-electron chi connectivity index (χ3n) is 3.54. The summed E-state index contributed by atoms with van der Waals surface area (Å²) in [4.78, 5) is 21.8. The minimum atomic E-state index is -0.708. The monoisotopic (exact) mass is 235 g/mol. The topological polar surface area (TPSA) is 66.3 Å². The standard InChI is InChI=1S/C12H17N3O2/c1-2-12(10(16)17)5-3-8-15(9-12)11-13-6-4-7-14-11/h4,6-7H,2-3,5,8-9H2,1H3,(H,16,17). The SMILES string of the molecule is CCC1(C(=O)O)CCCN(c2ncccn2)C1. The Kier molecular flexibility index (Phi) is 3.26. The van der Waals surface area contributed by atoms with Gasteiger partial charge in [-0.05, 0) is 25.3 Å². The molecule has 92 valence electrons. The maximum Gasteiger partial charge on any atom is 0.311 e. The van der Waals surface area contributed by atoms with Gasteiger partial charge in [0.25, 0.3) is 0 Å². The molecule has 0 bridgehead atoms. The van der Waals surface area contributed by atoms with Crippen LogP contribution in [-0.2, 0) is 4.79 Å². The Balaban J connectivity index is 2.20. The maximum atomic E-state index is 11.4. The number of aromatic nitrogens is 2. The van der Waals surface area contributed by atoms with Crippen LogP contribution in [0.1, 0.15) is 26.2 Å². The molecule has 0 saturated carbocycles. The van der Waals surface area contributed by atoms with Gasteiger partial charge in [-0.2, -0.15) is 0 Å². The predicted molar refractivity (Wildman–Crippen MR) is 63.8 cm³/mol. The van der Waals surface area contributed by atoms with Crippen molar-refractivity contribution in [3.05, 3.63) is 18.5 Å². The first-order valence-electron chi connectivity index (χ1n) is 5.93. The highest BCUT2D eigenvalue weighted by Gasteiger charge is 2.41. The number of carboxylic acids is 1. The number of anilines is 1. The molecule has 0 radical (unpaired) electrons. The van der Waals surface area contributed by atoms with Crippen LogP contribution in [0.2, 0.25) is 0 Å². The molecular weight excluding hydrogens is 218 g/mol. The molecule has 0 aliphatic carbocycles. The molecule has 17 heavy (non-hydrogen) atoms. The van der Waals surface area contributed by atoms with Crippen LogP contribution in [0.3, 0.4) is 0 Å². The zero-order valence-electron chi connectivity index (χ0n) is 9.96. The quantitative estimate of drug-likeness (QED) is 0.861.